The number of anilines is 1. The summed E-state index contributed by atoms with van der Waals surface area (Å²) in [5, 5.41) is 5.58. The van der Waals surface area contributed by atoms with Crippen molar-refractivity contribution in [1.82, 2.24) is 0 Å². The largest absolute Gasteiger partial charge is 0.366 e. The van der Waals surface area contributed by atoms with Gasteiger partial charge in [-0.25, -0.2) is 0 Å². The molecule has 0 atom stereocenters. The summed E-state index contributed by atoms with van der Waals surface area (Å²) in [5.41, 5.74) is 5.89. The van der Waals surface area contributed by atoms with Crippen molar-refractivity contribution in [3.63, 3.8) is 0 Å². The normalized spacial score (nSPS) is 10.7. The van der Waals surface area contributed by atoms with Crippen LogP contribution in [0.5, 0.6) is 0 Å². The monoisotopic (exact) mass is 404 g/mol. The third-order valence-electron chi connectivity index (χ3n) is 3.69. The van der Waals surface area contributed by atoms with E-state index < -0.39 is 5.91 Å². The number of hydrogen-bond donors (Lipinski definition) is 2. The predicted octanol–water partition coefficient (Wildman–Crippen LogP) is 4.98. The molecule has 3 rings (SSSR count). The molecule has 0 heterocycles. The smallest absolute Gasteiger partial charge is 0.250 e. The maximum Gasteiger partial charge on any atom is 0.250 e. The molecule has 0 spiro atoms. The van der Waals surface area contributed by atoms with Gasteiger partial charge < -0.3 is 11.1 Å². The summed E-state index contributed by atoms with van der Waals surface area (Å²) in [4.78, 5) is 24.5. The van der Waals surface area contributed by atoms with Crippen LogP contribution < -0.4 is 11.1 Å². The topological polar surface area (TPSA) is 72.2 Å². The Kier molecular flexibility index (Phi) is 5.71. The molecule has 3 aromatic carbocycles. The van der Waals surface area contributed by atoms with E-state index in [1.807, 2.05) is 36.4 Å². The maximum absolute atomic E-state index is 12.3. The molecule has 0 aliphatic heterocycles. The van der Waals surface area contributed by atoms with Gasteiger partial charge in [-0.15, -0.1) is 11.8 Å². The maximum atomic E-state index is 12.3. The van der Waals surface area contributed by atoms with E-state index in [1.54, 1.807) is 6.07 Å². The summed E-state index contributed by atoms with van der Waals surface area (Å²) in [6.07, 6.45) is 0. The number of carbonyl (C=O) groups excluding carboxylic acids is 2. The molecule has 7 heteroatoms. The zero-order valence-corrected chi connectivity index (χ0v) is 15.8. The Morgan fingerprint density at radius 2 is 1.73 bits per heavy atom. The van der Waals surface area contributed by atoms with Crippen molar-refractivity contribution in [1.29, 1.82) is 0 Å². The van der Waals surface area contributed by atoms with Crippen molar-refractivity contribution in [2.45, 2.75) is 4.90 Å². The summed E-state index contributed by atoms with van der Waals surface area (Å²) >= 11 is 13.6. The van der Waals surface area contributed by atoms with E-state index in [4.69, 9.17) is 28.9 Å². The number of hydrogen-bond acceptors (Lipinski definition) is 3. The number of primary amides is 1. The number of halogens is 2. The highest BCUT2D eigenvalue weighted by molar-refractivity contribution is 8.00. The van der Waals surface area contributed by atoms with Gasteiger partial charge in [-0.3, -0.25) is 9.59 Å². The van der Waals surface area contributed by atoms with E-state index in [0.717, 1.165) is 15.7 Å². The molecule has 132 valence electrons. The molecule has 0 aliphatic carbocycles. The number of nitrogens with one attached hydrogen (secondary N) is 1. The Morgan fingerprint density at radius 3 is 2.46 bits per heavy atom. The molecule has 0 saturated heterocycles. The fourth-order valence-electron chi connectivity index (χ4n) is 2.51. The molecule has 0 unspecified atom stereocenters. The molecule has 2 amide bonds. The van der Waals surface area contributed by atoms with Crippen LogP contribution in [0.3, 0.4) is 0 Å². The van der Waals surface area contributed by atoms with Crippen LogP contribution in [0.1, 0.15) is 10.4 Å². The molecule has 0 aromatic heterocycles. The van der Waals surface area contributed by atoms with Crippen LogP contribution in [0.4, 0.5) is 5.69 Å². The summed E-state index contributed by atoms with van der Waals surface area (Å²) in [5.74, 6) is -0.665. The number of benzene rings is 3. The van der Waals surface area contributed by atoms with Gasteiger partial charge in [-0.2, -0.15) is 0 Å². The zero-order valence-electron chi connectivity index (χ0n) is 13.5. The van der Waals surface area contributed by atoms with Crippen LogP contribution in [0.2, 0.25) is 10.0 Å². The first kappa shape index (κ1) is 18.6. The highest BCUT2D eigenvalue weighted by Gasteiger charge is 2.11. The molecule has 26 heavy (non-hydrogen) atoms. The number of nitrogens with two attached hydrogens (primary N) is 1. The first-order valence-electron chi connectivity index (χ1n) is 7.65. The van der Waals surface area contributed by atoms with Gasteiger partial charge in [-0.05, 0) is 35.7 Å². The highest BCUT2D eigenvalue weighted by Crippen LogP contribution is 2.33. The fraction of sp³-hybridized carbons (Fsp3) is 0.0526. The van der Waals surface area contributed by atoms with E-state index in [-0.39, 0.29) is 22.2 Å². The SMILES string of the molecule is NC(=O)c1cc(NC(=O)CSc2cccc3cccc(Cl)c23)ccc1Cl. The van der Waals surface area contributed by atoms with Gasteiger partial charge in [0.25, 0.3) is 0 Å². The van der Waals surface area contributed by atoms with Crippen molar-refractivity contribution in [2.75, 3.05) is 11.1 Å². The standard InChI is InChI=1S/C19H14Cl2N2O2S/c20-14-8-7-12(9-13(14)19(22)25)23-17(24)10-26-16-6-2-4-11-3-1-5-15(21)18(11)16/h1-9H,10H2,(H2,22,25)(H,23,24). The van der Waals surface area contributed by atoms with Crippen molar-refractivity contribution < 1.29 is 9.59 Å². The first-order chi connectivity index (χ1) is 12.5. The Balaban J connectivity index is 1.72. The molecule has 4 nitrogen and oxygen atoms in total. The average Bonchev–Trinajstić information content (AvgIpc) is 2.61. The minimum atomic E-state index is -0.647. The van der Waals surface area contributed by atoms with Gasteiger partial charge in [0.05, 0.1) is 16.3 Å². The quantitative estimate of drug-likeness (QED) is 0.589. The second-order valence-electron chi connectivity index (χ2n) is 5.49. The number of carbonyl (C=O) groups is 2. The van der Waals surface area contributed by atoms with Crippen LogP contribution in [-0.4, -0.2) is 17.6 Å². The van der Waals surface area contributed by atoms with Crippen LogP contribution in [0, 0.1) is 0 Å². The third kappa shape index (κ3) is 4.12. The number of fused-ring (bicyclic) bond motifs is 1. The van der Waals surface area contributed by atoms with Crippen molar-refractivity contribution >= 4 is 63.2 Å². The van der Waals surface area contributed by atoms with Gasteiger partial charge in [0.15, 0.2) is 0 Å². The lowest BCUT2D eigenvalue weighted by atomic mass is 10.1. The van der Waals surface area contributed by atoms with E-state index in [2.05, 4.69) is 5.32 Å². The first-order valence-corrected chi connectivity index (χ1v) is 9.39. The molecule has 0 radical (unpaired) electrons. The molecule has 0 saturated carbocycles. The van der Waals surface area contributed by atoms with Gasteiger partial charge in [0.2, 0.25) is 11.8 Å². The van der Waals surface area contributed by atoms with E-state index in [9.17, 15) is 9.59 Å². The molecule has 0 aliphatic rings. The second-order valence-corrected chi connectivity index (χ2v) is 7.32. The highest BCUT2D eigenvalue weighted by atomic mass is 35.5. The Bertz CT molecular complexity index is 1000. The molecular weight excluding hydrogens is 391 g/mol. The van der Waals surface area contributed by atoms with E-state index in [1.165, 1.54) is 23.9 Å². The van der Waals surface area contributed by atoms with Crippen LogP contribution in [-0.2, 0) is 4.79 Å². The van der Waals surface area contributed by atoms with Crippen LogP contribution in [0.15, 0.2) is 59.5 Å². The fourth-order valence-corrected chi connectivity index (χ4v) is 3.97. The Labute approximate surface area is 164 Å². The van der Waals surface area contributed by atoms with Gasteiger partial charge in [0.1, 0.15) is 0 Å². The molecular formula is C19H14Cl2N2O2S. The van der Waals surface area contributed by atoms with Crippen LogP contribution >= 0.6 is 35.0 Å². The Morgan fingerprint density at radius 1 is 1.00 bits per heavy atom. The minimum Gasteiger partial charge on any atom is -0.366 e. The summed E-state index contributed by atoms with van der Waals surface area (Å²) < 4.78 is 0. The third-order valence-corrected chi connectivity index (χ3v) is 5.39. The van der Waals surface area contributed by atoms with E-state index >= 15 is 0 Å². The summed E-state index contributed by atoms with van der Waals surface area (Å²) in [6.45, 7) is 0. The predicted molar refractivity (Wildman–Crippen MR) is 108 cm³/mol. The molecule has 3 N–H and O–H groups in total. The zero-order chi connectivity index (χ0) is 18.7. The number of rotatable bonds is 5. The number of amides is 2. The molecule has 3 aromatic rings. The summed E-state index contributed by atoms with van der Waals surface area (Å²) in [6, 6.07) is 16.1. The lowest BCUT2D eigenvalue weighted by Gasteiger charge is -2.09. The molecule has 0 bridgehead atoms. The second kappa shape index (κ2) is 7.99. The van der Waals surface area contributed by atoms with E-state index in [0.29, 0.717) is 10.7 Å². The lowest BCUT2D eigenvalue weighted by Crippen LogP contribution is -2.16. The van der Waals surface area contributed by atoms with Crippen molar-refractivity contribution in [3.8, 4) is 0 Å². The van der Waals surface area contributed by atoms with Crippen molar-refractivity contribution in [2.24, 2.45) is 5.73 Å². The average molecular weight is 405 g/mol. The van der Waals surface area contributed by atoms with Crippen LogP contribution in [0.25, 0.3) is 10.8 Å². The van der Waals surface area contributed by atoms with Crippen molar-refractivity contribution in [3.05, 3.63) is 70.2 Å². The lowest BCUT2D eigenvalue weighted by molar-refractivity contribution is -0.113. The number of thioether (sulfide) groups is 1. The van der Waals surface area contributed by atoms with Gasteiger partial charge in [0, 0.05) is 21.0 Å². The Hall–Kier alpha value is -2.21. The minimum absolute atomic E-state index is 0.165. The summed E-state index contributed by atoms with van der Waals surface area (Å²) in [7, 11) is 0. The van der Waals surface area contributed by atoms with Gasteiger partial charge >= 0.3 is 0 Å². The molecule has 0 fully saturated rings. The van der Waals surface area contributed by atoms with Gasteiger partial charge in [-0.1, -0.05) is 47.5 Å².